The molecule has 19 heavy (non-hydrogen) atoms. The molecule has 1 saturated heterocycles. The Morgan fingerprint density at radius 1 is 1.53 bits per heavy atom. The number of amides is 1. The zero-order valence-corrected chi connectivity index (χ0v) is 11.5. The Balaban J connectivity index is 2.25. The molecule has 104 valence electrons. The SMILES string of the molecule is COc1cc(N2CCNCC2C(=O)N(C)C)ncn1. The van der Waals surface area contributed by atoms with E-state index in [4.69, 9.17) is 4.74 Å². The standard InChI is InChI=1S/C12H19N5O2/c1-16(2)12(18)9-7-13-4-5-17(9)10-6-11(19-3)15-8-14-10/h6,8-9,13H,4-5,7H2,1-3H3. The van der Waals surface area contributed by atoms with Crippen LogP contribution in [0.5, 0.6) is 5.88 Å². The third-order valence-electron chi connectivity index (χ3n) is 3.10. The number of carbonyl (C=O) groups excluding carboxylic acids is 1. The molecule has 1 aromatic heterocycles. The van der Waals surface area contributed by atoms with Crippen LogP contribution in [-0.2, 0) is 4.79 Å². The number of ether oxygens (including phenoxy) is 1. The summed E-state index contributed by atoms with van der Waals surface area (Å²) in [5, 5.41) is 3.24. The first-order valence-corrected chi connectivity index (χ1v) is 6.18. The third-order valence-corrected chi connectivity index (χ3v) is 3.10. The van der Waals surface area contributed by atoms with Gasteiger partial charge in [-0.25, -0.2) is 9.97 Å². The van der Waals surface area contributed by atoms with Crippen LogP contribution in [0.25, 0.3) is 0 Å². The van der Waals surface area contributed by atoms with Gasteiger partial charge in [0.05, 0.1) is 7.11 Å². The van der Waals surface area contributed by atoms with Crippen molar-refractivity contribution in [1.82, 2.24) is 20.2 Å². The predicted octanol–water partition coefficient (Wildman–Crippen LogP) is -0.648. The summed E-state index contributed by atoms with van der Waals surface area (Å²) in [4.78, 5) is 24.0. The normalized spacial score (nSPS) is 19.1. The Labute approximate surface area is 112 Å². The van der Waals surface area contributed by atoms with Crippen LogP contribution in [0.4, 0.5) is 5.82 Å². The van der Waals surface area contributed by atoms with E-state index in [1.54, 1.807) is 32.2 Å². The van der Waals surface area contributed by atoms with Gasteiger partial charge in [0.1, 0.15) is 18.2 Å². The van der Waals surface area contributed by atoms with Gasteiger partial charge in [0.2, 0.25) is 11.8 Å². The van der Waals surface area contributed by atoms with Crippen LogP contribution < -0.4 is 15.0 Å². The predicted molar refractivity (Wildman–Crippen MR) is 71.3 cm³/mol. The molecule has 2 heterocycles. The monoisotopic (exact) mass is 265 g/mol. The summed E-state index contributed by atoms with van der Waals surface area (Å²) < 4.78 is 5.10. The summed E-state index contributed by atoms with van der Waals surface area (Å²) in [7, 11) is 5.08. The van der Waals surface area contributed by atoms with E-state index in [2.05, 4.69) is 15.3 Å². The van der Waals surface area contributed by atoms with Crippen LogP contribution in [0.3, 0.4) is 0 Å². The highest BCUT2D eigenvalue weighted by molar-refractivity contribution is 5.85. The molecule has 1 amide bonds. The number of anilines is 1. The summed E-state index contributed by atoms with van der Waals surface area (Å²) in [5.41, 5.74) is 0. The van der Waals surface area contributed by atoms with Crippen molar-refractivity contribution in [3.8, 4) is 5.88 Å². The van der Waals surface area contributed by atoms with Gasteiger partial charge >= 0.3 is 0 Å². The number of rotatable bonds is 3. The molecule has 0 aliphatic carbocycles. The average Bonchev–Trinajstić information content (AvgIpc) is 2.46. The maximum Gasteiger partial charge on any atom is 0.246 e. The molecule has 1 aliphatic heterocycles. The Bertz CT molecular complexity index is 452. The molecule has 0 spiro atoms. The van der Waals surface area contributed by atoms with E-state index in [-0.39, 0.29) is 11.9 Å². The number of hydrogen-bond donors (Lipinski definition) is 1. The Morgan fingerprint density at radius 2 is 2.32 bits per heavy atom. The van der Waals surface area contributed by atoms with Gasteiger partial charge in [-0.3, -0.25) is 4.79 Å². The summed E-state index contributed by atoms with van der Waals surface area (Å²) >= 11 is 0. The van der Waals surface area contributed by atoms with Crippen molar-refractivity contribution in [2.75, 3.05) is 45.7 Å². The average molecular weight is 265 g/mol. The van der Waals surface area contributed by atoms with E-state index in [1.165, 1.54) is 6.33 Å². The van der Waals surface area contributed by atoms with Crippen LogP contribution in [0.15, 0.2) is 12.4 Å². The van der Waals surface area contributed by atoms with Crippen molar-refractivity contribution < 1.29 is 9.53 Å². The van der Waals surface area contributed by atoms with Crippen molar-refractivity contribution in [2.45, 2.75) is 6.04 Å². The molecule has 1 aliphatic rings. The number of carbonyl (C=O) groups is 1. The topological polar surface area (TPSA) is 70.6 Å². The fourth-order valence-corrected chi connectivity index (χ4v) is 2.10. The van der Waals surface area contributed by atoms with Gasteiger partial charge in [-0.1, -0.05) is 0 Å². The van der Waals surface area contributed by atoms with Crippen molar-refractivity contribution in [3.05, 3.63) is 12.4 Å². The number of aromatic nitrogens is 2. The van der Waals surface area contributed by atoms with Gasteiger partial charge < -0.3 is 19.9 Å². The molecule has 0 bridgehead atoms. The number of likely N-dealkylation sites (N-methyl/N-ethyl adjacent to an activating group) is 1. The van der Waals surface area contributed by atoms with E-state index in [1.807, 2.05) is 4.90 Å². The van der Waals surface area contributed by atoms with E-state index >= 15 is 0 Å². The number of piperazine rings is 1. The molecule has 1 N–H and O–H groups in total. The summed E-state index contributed by atoms with van der Waals surface area (Å²) in [6.45, 7) is 2.16. The van der Waals surface area contributed by atoms with E-state index in [0.29, 0.717) is 18.2 Å². The fourth-order valence-electron chi connectivity index (χ4n) is 2.10. The van der Waals surface area contributed by atoms with Gasteiger partial charge in [-0.05, 0) is 0 Å². The Hall–Kier alpha value is -1.89. The summed E-state index contributed by atoms with van der Waals surface area (Å²) in [6.07, 6.45) is 1.45. The van der Waals surface area contributed by atoms with Gasteiger partial charge in [0.15, 0.2) is 0 Å². The molecule has 1 fully saturated rings. The molecule has 2 rings (SSSR count). The maximum absolute atomic E-state index is 12.2. The second kappa shape index (κ2) is 5.83. The number of nitrogens with one attached hydrogen (secondary N) is 1. The van der Waals surface area contributed by atoms with E-state index in [9.17, 15) is 4.79 Å². The molecule has 1 atom stereocenters. The van der Waals surface area contributed by atoms with Crippen LogP contribution in [-0.4, -0.2) is 67.7 Å². The van der Waals surface area contributed by atoms with Crippen molar-refractivity contribution in [1.29, 1.82) is 0 Å². The lowest BCUT2D eigenvalue weighted by molar-refractivity contribution is -0.130. The molecular weight excluding hydrogens is 246 g/mol. The van der Waals surface area contributed by atoms with Crippen LogP contribution in [0.2, 0.25) is 0 Å². The minimum atomic E-state index is -0.247. The number of methoxy groups -OCH3 is 1. The zero-order chi connectivity index (χ0) is 13.8. The molecule has 0 aromatic carbocycles. The molecule has 7 heteroatoms. The second-order valence-electron chi connectivity index (χ2n) is 4.56. The highest BCUT2D eigenvalue weighted by Gasteiger charge is 2.30. The first-order chi connectivity index (χ1) is 9.13. The zero-order valence-electron chi connectivity index (χ0n) is 11.5. The molecule has 1 aromatic rings. The molecular formula is C12H19N5O2. The fraction of sp³-hybridized carbons (Fsp3) is 0.583. The third kappa shape index (κ3) is 2.93. The highest BCUT2D eigenvalue weighted by Crippen LogP contribution is 2.19. The highest BCUT2D eigenvalue weighted by atomic mass is 16.5. The maximum atomic E-state index is 12.2. The number of hydrogen-bond acceptors (Lipinski definition) is 6. The van der Waals surface area contributed by atoms with Gasteiger partial charge in [-0.15, -0.1) is 0 Å². The van der Waals surface area contributed by atoms with Gasteiger partial charge in [0, 0.05) is 39.8 Å². The molecule has 0 radical (unpaired) electrons. The first kappa shape index (κ1) is 13.5. The van der Waals surface area contributed by atoms with Crippen LogP contribution in [0.1, 0.15) is 0 Å². The van der Waals surface area contributed by atoms with Gasteiger partial charge in [0.25, 0.3) is 0 Å². The lowest BCUT2D eigenvalue weighted by atomic mass is 10.1. The van der Waals surface area contributed by atoms with Crippen molar-refractivity contribution in [2.24, 2.45) is 0 Å². The van der Waals surface area contributed by atoms with Crippen LogP contribution in [0, 0.1) is 0 Å². The smallest absolute Gasteiger partial charge is 0.246 e. The lowest BCUT2D eigenvalue weighted by Gasteiger charge is -2.37. The summed E-state index contributed by atoms with van der Waals surface area (Å²) in [5.74, 6) is 1.28. The van der Waals surface area contributed by atoms with Crippen LogP contribution >= 0.6 is 0 Å². The number of nitrogens with zero attached hydrogens (tertiary/aromatic N) is 4. The van der Waals surface area contributed by atoms with Gasteiger partial charge in [-0.2, -0.15) is 0 Å². The molecule has 7 nitrogen and oxygen atoms in total. The van der Waals surface area contributed by atoms with E-state index < -0.39 is 0 Å². The minimum absolute atomic E-state index is 0.0600. The Kier molecular flexibility index (Phi) is 4.16. The first-order valence-electron chi connectivity index (χ1n) is 6.18. The minimum Gasteiger partial charge on any atom is -0.481 e. The lowest BCUT2D eigenvalue weighted by Crippen LogP contribution is -2.58. The second-order valence-corrected chi connectivity index (χ2v) is 4.56. The Morgan fingerprint density at radius 3 is 3.00 bits per heavy atom. The van der Waals surface area contributed by atoms with Crippen molar-refractivity contribution >= 4 is 11.7 Å². The van der Waals surface area contributed by atoms with E-state index in [0.717, 1.165) is 13.1 Å². The summed E-state index contributed by atoms with van der Waals surface area (Å²) in [6, 6.07) is 1.50. The quantitative estimate of drug-likeness (QED) is 0.783. The molecule has 1 unspecified atom stereocenters. The largest absolute Gasteiger partial charge is 0.481 e. The van der Waals surface area contributed by atoms with Crippen molar-refractivity contribution in [3.63, 3.8) is 0 Å². The molecule has 0 saturated carbocycles.